The van der Waals surface area contributed by atoms with E-state index in [4.69, 9.17) is 0 Å². The molecule has 3 saturated heterocycles. The molecule has 1 N–H and O–H groups in total. The molecule has 176 valence electrons. The van der Waals surface area contributed by atoms with E-state index in [1.807, 2.05) is 7.05 Å². The molecule has 31 heavy (non-hydrogen) atoms. The number of likely N-dealkylation sites (N-methyl/N-ethyl adjacent to an activating group) is 1. The minimum absolute atomic E-state index is 0.0331. The highest BCUT2D eigenvalue weighted by Crippen LogP contribution is 2.38. The van der Waals surface area contributed by atoms with Crippen molar-refractivity contribution in [2.75, 3.05) is 33.2 Å². The summed E-state index contributed by atoms with van der Waals surface area (Å²) in [4.78, 5) is 32.7. The number of halogens is 2. The Bertz CT molecular complexity index is 655. The maximum absolute atomic E-state index is 13.5. The van der Waals surface area contributed by atoms with Gasteiger partial charge in [0, 0.05) is 51.1 Å². The number of alkyl halides is 2. The fourth-order valence-corrected chi connectivity index (χ4v) is 6.13. The molecule has 0 bridgehead atoms. The van der Waals surface area contributed by atoms with Crippen LogP contribution >= 0.6 is 0 Å². The average molecular weight is 441 g/mol. The van der Waals surface area contributed by atoms with Gasteiger partial charge in [0.2, 0.25) is 17.7 Å². The molecule has 0 unspecified atom stereocenters. The van der Waals surface area contributed by atoms with E-state index in [-0.39, 0.29) is 36.7 Å². The number of carbonyl (C=O) groups excluding carboxylic acids is 2. The molecule has 2 atom stereocenters. The van der Waals surface area contributed by atoms with Crippen molar-refractivity contribution in [3.8, 4) is 0 Å². The van der Waals surface area contributed by atoms with Crippen LogP contribution < -0.4 is 5.32 Å². The number of carbonyl (C=O) groups is 2. The normalized spacial score (nSPS) is 31.9. The maximum Gasteiger partial charge on any atom is 0.248 e. The Kier molecular flexibility index (Phi) is 6.34. The molecule has 0 aromatic carbocycles. The van der Waals surface area contributed by atoms with Gasteiger partial charge in [0.1, 0.15) is 6.04 Å². The third-order valence-corrected chi connectivity index (χ3v) is 8.06. The molecule has 4 aliphatic rings. The van der Waals surface area contributed by atoms with E-state index in [1.54, 1.807) is 4.90 Å². The number of piperidine rings is 1. The summed E-state index contributed by atoms with van der Waals surface area (Å²) in [5, 5.41) is 3.27. The molecular weight excluding hydrogens is 402 g/mol. The van der Waals surface area contributed by atoms with Crippen molar-refractivity contribution in [2.45, 2.75) is 94.8 Å². The van der Waals surface area contributed by atoms with Gasteiger partial charge in [0.05, 0.1) is 12.0 Å². The minimum atomic E-state index is -2.54. The van der Waals surface area contributed by atoms with E-state index >= 15 is 0 Å². The largest absolute Gasteiger partial charge is 0.348 e. The second kappa shape index (κ2) is 8.58. The average Bonchev–Trinajstić information content (AvgIpc) is 3.11. The molecular formula is C23H38F2N4O2. The number of fused-ring (bicyclic) bond motifs is 1. The number of likely N-dealkylation sites (tertiary alicyclic amines) is 1. The Hall–Kier alpha value is -1.28. The number of hydrogen-bond acceptors (Lipinski definition) is 4. The van der Waals surface area contributed by atoms with Crippen LogP contribution in [0.5, 0.6) is 0 Å². The molecule has 1 saturated carbocycles. The predicted octanol–water partition coefficient (Wildman–Crippen LogP) is 2.48. The zero-order chi connectivity index (χ0) is 22.4. The van der Waals surface area contributed by atoms with Crippen LogP contribution in [0.15, 0.2) is 0 Å². The zero-order valence-corrected chi connectivity index (χ0v) is 19.2. The third kappa shape index (κ3) is 4.90. The Morgan fingerprint density at radius 1 is 1.10 bits per heavy atom. The van der Waals surface area contributed by atoms with Gasteiger partial charge in [-0.15, -0.1) is 0 Å². The van der Waals surface area contributed by atoms with Crippen LogP contribution in [0, 0.1) is 5.92 Å². The van der Waals surface area contributed by atoms with Gasteiger partial charge in [-0.1, -0.05) is 13.8 Å². The lowest BCUT2D eigenvalue weighted by molar-refractivity contribution is -0.135. The molecule has 8 heteroatoms. The van der Waals surface area contributed by atoms with Crippen molar-refractivity contribution in [3.05, 3.63) is 0 Å². The molecule has 1 spiro atoms. The molecule has 4 fully saturated rings. The van der Waals surface area contributed by atoms with Gasteiger partial charge in [-0.2, -0.15) is 0 Å². The first-order valence-electron chi connectivity index (χ1n) is 12.0. The summed E-state index contributed by atoms with van der Waals surface area (Å²) in [5.74, 6) is -1.91. The molecule has 3 heterocycles. The lowest BCUT2D eigenvalue weighted by Crippen LogP contribution is -2.56. The Morgan fingerprint density at radius 2 is 1.74 bits per heavy atom. The Labute approximate surface area is 184 Å². The van der Waals surface area contributed by atoms with Gasteiger partial charge in [0.15, 0.2) is 0 Å². The summed E-state index contributed by atoms with van der Waals surface area (Å²) < 4.78 is 27.1. The Morgan fingerprint density at radius 3 is 2.35 bits per heavy atom. The first-order valence-corrected chi connectivity index (χ1v) is 12.0. The second-order valence-electron chi connectivity index (χ2n) is 10.8. The summed E-state index contributed by atoms with van der Waals surface area (Å²) in [5.41, 5.74) is -0.414. The van der Waals surface area contributed by atoms with E-state index in [0.717, 1.165) is 32.5 Å². The van der Waals surface area contributed by atoms with Crippen molar-refractivity contribution in [1.82, 2.24) is 20.0 Å². The molecule has 0 aromatic heterocycles. The Balaban J connectivity index is 1.37. The van der Waals surface area contributed by atoms with Crippen molar-refractivity contribution < 1.29 is 18.4 Å². The topological polar surface area (TPSA) is 55.9 Å². The van der Waals surface area contributed by atoms with Gasteiger partial charge in [-0.05, 0) is 45.1 Å². The lowest BCUT2D eigenvalue weighted by atomic mass is 9.83. The molecule has 3 aliphatic heterocycles. The highest BCUT2D eigenvalue weighted by atomic mass is 19.3. The van der Waals surface area contributed by atoms with Crippen LogP contribution in [-0.4, -0.2) is 89.3 Å². The van der Waals surface area contributed by atoms with Crippen LogP contribution in [-0.2, 0) is 9.59 Å². The van der Waals surface area contributed by atoms with Crippen molar-refractivity contribution in [3.63, 3.8) is 0 Å². The highest BCUT2D eigenvalue weighted by molar-refractivity contribution is 5.92. The fourth-order valence-electron chi connectivity index (χ4n) is 6.13. The molecule has 2 amide bonds. The predicted molar refractivity (Wildman–Crippen MR) is 115 cm³/mol. The molecule has 4 rings (SSSR count). The maximum atomic E-state index is 13.5. The van der Waals surface area contributed by atoms with Gasteiger partial charge in [-0.3, -0.25) is 14.5 Å². The minimum Gasteiger partial charge on any atom is -0.348 e. The first kappa shape index (κ1) is 22.9. The quantitative estimate of drug-likeness (QED) is 0.730. The van der Waals surface area contributed by atoms with E-state index in [9.17, 15) is 18.4 Å². The summed E-state index contributed by atoms with van der Waals surface area (Å²) in [6, 6.07) is -0.278. The van der Waals surface area contributed by atoms with Crippen LogP contribution in [0.4, 0.5) is 8.78 Å². The first-order chi connectivity index (χ1) is 14.6. The molecule has 0 radical (unpaired) electrons. The number of hydrogen-bond donors (Lipinski definition) is 1. The smallest absolute Gasteiger partial charge is 0.248 e. The summed E-state index contributed by atoms with van der Waals surface area (Å²) in [7, 11) is 1.97. The van der Waals surface area contributed by atoms with E-state index < -0.39 is 17.5 Å². The van der Waals surface area contributed by atoms with Gasteiger partial charge >= 0.3 is 0 Å². The SMILES string of the molecule is CC(C)CN1CCC2(CC1)CC(=O)N1C[C@@H](N(C)C3CCC(F)(F)CC3)C[C@H]1C(=O)N2. The highest BCUT2D eigenvalue weighted by Gasteiger charge is 2.50. The van der Waals surface area contributed by atoms with Crippen LogP contribution in [0.1, 0.15) is 65.2 Å². The number of amides is 2. The summed E-state index contributed by atoms with van der Waals surface area (Å²) >= 11 is 0. The number of rotatable bonds is 4. The molecule has 6 nitrogen and oxygen atoms in total. The van der Waals surface area contributed by atoms with Crippen molar-refractivity contribution in [2.24, 2.45) is 5.92 Å². The standard InChI is InChI=1S/C23H38F2N4O2/c1-16(2)14-28-10-8-22(9-11-28)13-20(30)29-15-18(12-19(29)21(31)26-22)27(3)17-4-6-23(24,25)7-5-17/h16-19H,4-15H2,1-3H3,(H,26,31)/t18-,19-/m0/s1. The number of nitrogens with one attached hydrogen (secondary N) is 1. The van der Waals surface area contributed by atoms with Crippen LogP contribution in [0.2, 0.25) is 0 Å². The van der Waals surface area contributed by atoms with E-state index in [2.05, 4.69) is 29.0 Å². The molecule has 1 aliphatic carbocycles. The van der Waals surface area contributed by atoms with Crippen molar-refractivity contribution >= 4 is 11.8 Å². The summed E-state index contributed by atoms with van der Waals surface area (Å²) in [6.45, 7) is 7.82. The number of nitrogens with zero attached hydrogens (tertiary/aromatic N) is 3. The zero-order valence-electron chi connectivity index (χ0n) is 19.2. The third-order valence-electron chi connectivity index (χ3n) is 8.06. The van der Waals surface area contributed by atoms with E-state index in [0.29, 0.717) is 38.1 Å². The van der Waals surface area contributed by atoms with Gasteiger partial charge in [-0.25, -0.2) is 8.78 Å². The molecule has 0 aromatic rings. The van der Waals surface area contributed by atoms with Crippen LogP contribution in [0.3, 0.4) is 0 Å². The lowest BCUT2D eigenvalue weighted by Gasteiger charge is -2.42. The van der Waals surface area contributed by atoms with E-state index in [1.165, 1.54) is 0 Å². The fraction of sp³-hybridized carbons (Fsp3) is 0.913. The second-order valence-corrected chi connectivity index (χ2v) is 10.8. The van der Waals surface area contributed by atoms with Crippen molar-refractivity contribution in [1.29, 1.82) is 0 Å². The van der Waals surface area contributed by atoms with Gasteiger partial charge in [0.25, 0.3) is 0 Å². The van der Waals surface area contributed by atoms with Crippen LogP contribution in [0.25, 0.3) is 0 Å². The monoisotopic (exact) mass is 440 g/mol. The summed E-state index contributed by atoms with van der Waals surface area (Å²) in [6.07, 6.45) is 3.40. The van der Waals surface area contributed by atoms with Gasteiger partial charge < -0.3 is 15.1 Å².